The van der Waals surface area contributed by atoms with Crippen molar-refractivity contribution < 1.29 is 27.5 Å². The Labute approximate surface area is 246 Å². The first-order valence-corrected chi connectivity index (χ1v) is 13.8. The minimum Gasteiger partial charge on any atom is -0.444 e. The van der Waals surface area contributed by atoms with E-state index < -0.39 is 40.9 Å². The topological polar surface area (TPSA) is 123 Å². The molecule has 3 heterocycles. The number of hydrogen-bond acceptors (Lipinski definition) is 7. The average Bonchev–Trinajstić information content (AvgIpc) is 3.27. The molecule has 0 radical (unpaired) electrons. The third-order valence-electron chi connectivity index (χ3n) is 6.25. The number of benzene rings is 1. The van der Waals surface area contributed by atoms with Crippen molar-refractivity contribution in [3.63, 3.8) is 0 Å². The van der Waals surface area contributed by atoms with Crippen molar-refractivity contribution in [2.24, 2.45) is 0 Å². The molecule has 2 amide bonds. The van der Waals surface area contributed by atoms with Gasteiger partial charge in [0.15, 0.2) is 0 Å². The summed E-state index contributed by atoms with van der Waals surface area (Å²) >= 11 is 9.20. The molecule has 0 bridgehead atoms. The number of anilines is 1. The van der Waals surface area contributed by atoms with Crippen molar-refractivity contribution >= 4 is 51.0 Å². The molecule has 1 aromatic carbocycles. The normalized spacial score (nSPS) is 16.2. The first kappa shape index (κ1) is 30.8. The zero-order chi connectivity index (χ0) is 30.3. The molecule has 1 aliphatic rings. The van der Waals surface area contributed by atoms with Crippen molar-refractivity contribution in [2.75, 3.05) is 25.0 Å². The van der Waals surface area contributed by atoms with E-state index in [4.69, 9.17) is 16.3 Å². The van der Waals surface area contributed by atoms with Crippen LogP contribution in [-0.4, -0.2) is 61.3 Å². The largest absolute Gasteiger partial charge is 0.444 e. The molecule has 11 nitrogen and oxygen atoms in total. The number of ether oxygens (including phenoxy) is 1. The van der Waals surface area contributed by atoms with Crippen LogP contribution >= 0.6 is 27.5 Å². The number of carbonyl (C=O) groups is 2. The fraction of sp³-hybridized carbons (Fsp3) is 0.480. The second kappa shape index (κ2) is 11.6. The maximum absolute atomic E-state index is 13.7. The highest BCUT2D eigenvalue weighted by atomic mass is 79.9. The highest BCUT2D eigenvalue weighted by Gasteiger charge is 2.33. The smallest absolute Gasteiger partial charge is 0.416 e. The number of nitrogens with one attached hydrogen (secondary N) is 2. The summed E-state index contributed by atoms with van der Waals surface area (Å²) < 4.78 is 47.2. The van der Waals surface area contributed by atoms with Gasteiger partial charge in [-0.05, 0) is 61.3 Å². The van der Waals surface area contributed by atoms with Crippen LogP contribution in [0.1, 0.15) is 50.6 Å². The van der Waals surface area contributed by atoms with Crippen molar-refractivity contribution in [3.05, 3.63) is 55.1 Å². The number of carbonyl (C=O) groups excluding carboxylic acids is 2. The van der Waals surface area contributed by atoms with Gasteiger partial charge in [-0.2, -0.15) is 22.7 Å². The van der Waals surface area contributed by atoms with Crippen LogP contribution in [0.2, 0.25) is 5.02 Å². The third kappa shape index (κ3) is 6.84. The highest BCUT2D eigenvalue weighted by molar-refractivity contribution is 9.10. The molecule has 2 N–H and O–H groups in total. The number of halogens is 5. The summed E-state index contributed by atoms with van der Waals surface area (Å²) in [5, 5.41) is 9.65. The van der Waals surface area contributed by atoms with E-state index in [-0.39, 0.29) is 34.3 Å². The highest BCUT2D eigenvalue weighted by Crippen LogP contribution is 2.34. The zero-order valence-electron chi connectivity index (χ0n) is 22.6. The Kier molecular flexibility index (Phi) is 8.71. The quantitative estimate of drug-likeness (QED) is 0.415. The van der Waals surface area contributed by atoms with E-state index in [1.165, 1.54) is 9.47 Å². The predicted molar refractivity (Wildman–Crippen MR) is 148 cm³/mol. The fourth-order valence-corrected chi connectivity index (χ4v) is 5.10. The number of hydrogen-bond donors (Lipinski definition) is 2. The van der Waals surface area contributed by atoms with E-state index in [0.29, 0.717) is 30.8 Å². The van der Waals surface area contributed by atoms with Gasteiger partial charge in [-0.25, -0.2) is 4.79 Å². The van der Waals surface area contributed by atoms with Crippen LogP contribution in [0.3, 0.4) is 0 Å². The van der Waals surface area contributed by atoms with Crippen LogP contribution in [0.15, 0.2) is 27.7 Å². The van der Waals surface area contributed by atoms with Gasteiger partial charge in [0.25, 0.3) is 5.56 Å². The summed E-state index contributed by atoms with van der Waals surface area (Å²) in [4.78, 5) is 45.3. The molecule has 1 fully saturated rings. The Morgan fingerprint density at radius 2 is 1.98 bits per heavy atom. The average molecular weight is 663 g/mol. The Morgan fingerprint density at radius 3 is 2.59 bits per heavy atom. The van der Waals surface area contributed by atoms with Crippen molar-refractivity contribution in [3.8, 4) is 0 Å². The molecule has 1 atom stereocenters. The van der Waals surface area contributed by atoms with E-state index in [9.17, 15) is 27.6 Å². The van der Waals surface area contributed by atoms with E-state index in [1.807, 2.05) is 0 Å². The van der Waals surface area contributed by atoms with Gasteiger partial charge in [-0.3, -0.25) is 9.59 Å². The molecule has 3 aromatic rings. The Morgan fingerprint density at radius 1 is 1.27 bits per heavy atom. The lowest BCUT2D eigenvalue weighted by Crippen LogP contribution is -2.51. The summed E-state index contributed by atoms with van der Waals surface area (Å²) in [5.41, 5.74) is -1.36. The number of amides is 2. The van der Waals surface area contributed by atoms with E-state index in [2.05, 4.69) is 36.6 Å². The molecule has 0 aliphatic carbocycles. The van der Waals surface area contributed by atoms with Gasteiger partial charge in [0, 0.05) is 25.3 Å². The second-order valence-electron chi connectivity index (χ2n) is 10.4. The van der Waals surface area contributed by atoms with Gasteiger partial charge in [0.2, 0.25) is 16.4 Å². The minimum atomic E-state index is -4.59. The summed E-state index contributed by atoms with van der Waals surface area (Å²) in [6, 6.07) is 2.01. The molecular formula is C25H28BrClF3N7O4. The van der Waals surface area contributed by atoms with Crippen molar-refractivity contribution in [2.45, 2.75) is 58.5 Å². The first-order valence-electron chi connectivity index (χ1n) is 12.6. The maximum atomic E-state index is 13.7. The lowest BCUT2D eigenvalue weighted by Gasteiger charge is -2.35. The molecule has 1 unspecified atom stereocenters. The summed E-state index contributed by atoms with van der Waals surface area (Å²) in [6.45, 7) is 7.62. The standard InChI is InChI=1S/C25H28BrClF3N7O4/c1-5-17-19(16-11-35(9-8-31-16)23(40)41-24(2,3)4)20(39)37-22(33-21(26)34-37)36(17)12-18(38)32-15-7-6-13(10-14(15)27)25(28,29)30/h6-7,10,16,31H,5,8-9,11-12H2,1-4H3,(H,32,38). The van der Waals surface area contributed by atoms with E-state index in [1.54, 1.807) is 27.7 Å². The molecule has 1 saturated heterocycles. The minimum absolute atomic E-state index is 0.00963. The van der Waals surface area contributed by atoms with E-state index in [0.717, 1.165) is 22.7 Å². The SMILES string of the molecule is CCc1c(C2CN(C(=O)OC(C)(C)C)CCN2)c(=O)n2nc(Br)nc2n1CC(=O)Nc1ccc(C(F)(F)F)cc1Cl. The van der Waals surface area contributed by atoms with Crippen molar-refractivity contribution in [1.29, 1.82) is 0 Å². The van der Waals surface area contributed by atoms with Gasteiger partial charge in [-0.15, -0.1) is 5.10 Å². The molecule has 0 saturated carbocycles. The van der Waals surface area contributed by atoms with Crippen LogP contribution < -0.4 is 16.2 Å². The first-order chi connectivity index (χ1) is 19.1. The molecule has 16 heteroatoms. The Balaban J connectivity index is 1.70. The number of nitrogens with zero attached hydrogens (tertiary/aromatic N) is 5. The molecule has 2 aromatic heterocycles. The number of aromatic nitrogens is 4. The molecule has 4 rings (SSSR count). The van der Waals surface area contributed by atoms with Crippen LogP contribution in [0.4, 0.5) is 23.7 Å². The van der Waals surface area contributed by atoms with Crippen LogP contribution in [0.25, 0.3) is 5.78 Å². The lowest BCUT2D eigenvalue weighted by molar-refractivity contribution is -0.137. The monoisotopic (exact) mass is 661 g/mol. The number of piperazine rings is 1. The van der Waals surface area contributed by atoms with Crippen LogP contribution in [0.5, 0.6) is 0 Å². The lowest BCUT2D eigenvalue weighted by atomic mass is 10.0. The second-order valence-corrected chi connectivity index (χ2v) is 11.5. The van der Waals surface area contributed by atoms with Gasteiger partial charge in [0.05, 0.1) is 27.9 Å². The van der Waals surface area contributed by atoms with Gasteiger partial charge in [0.1, 0.15) is 12.1 Å². The Bertz CT molecular complexity index is 1550. The van der Waals surface area contributed by atoms with Crippen LogP contribution in [-0.2, 0) is 28.7 Å². The van der Waals surface area contributed by atoms with Gasteiger partial charge >= 0.3 is 12.3 Å². The zero-order valence-corrected chi connectivity index (χ0v) is 24.9. The molecular weight excluding hydrogens is 635 g/mol. The molecule has 222 valence electrons. The van der Waals surface area contributed by atoms with Gasteiger partial charge < -0.3 is 24.8 Å². The summed E-state index contributed by atoms with van der Waals surface area (Å²) in [6.07, 6.45) is -4.79. The predicted octanol–water partition coefficient (Wildman–Crippen LogP) is 4.41. The fourth-order valence-electron chi connectivity index (χ4n) is 4.55. The molecule has 1 aliphatic heterocycles. The van der Waals surface area contributed by atoms with Crippen LogP contribution in [0, 0.1) is 0 Å². The van der Waals surface area contributed by atoms with E-state index >= 15 is 0 Å². The molecule has 41 heavy (non-hydrogen) atoms. The third-order valence-corrected chi connectivity index (χ3v) is 6.90. The number of fused-ring (bicyclic) bond motifs is 1. The summed E-state index contributed by atoms with van der Waals surface area (Å²) in [7, 11) is 0. The maximum Gasteiger partial charge on any atom is 0.416 e. The van der Waals surface area contributed by atoms with Crippen molar-refractivity contribution in [1.82, 2.24) is 29.4 Å². The number of rotatable bonds is 5. The van der Waals surface area contributed by atoms with Gasteiger partial charge in [-0.1, -0.05) is 18.5 Å². The number of alkyl halides is 3. The Hall–Kier alpha value is -3.17. The summed E-state index contributed by atoms with van der Waals surface area (Å²) in [5.74, 6) is -0.542. The molecule has 0 spiro atoms.